The molecule has 0 bridgehead atoms. The zero-order valence-corrected chi connectivity index (χ0v) is 27.5. The quantitative estimate of drug-likeness (QED) is 0.212. The van der Waals surface area contributed by atoms with Gasteiger partial charge in [-0.15, -0.1) is 0 Å². The highest BCUT2D eigenvalue weighted by Gasteiger charge is 2.24. The molecule has 0 saturated heterocycles. The van der Waals surface area contributed by atoms with E-state index < -0.39 is 0 Å². The summed E-state index contributed by atoms with van der Waals surface area (Å²) in [7, 11) is 0. The van der Waals surface area contributed by atoms with Crippen LogP contribution < -0.4 is 0 Å². The van der Waals surface area contributed by atoms with Crippen molar-refractivity contribution in [3.63, 3.8) is 0 Å². The zero-order valence-electron chi connectivity index (χ0n) is 21.1. The third-order valence-corrected chi connectivity index (χ3v) is 7.40. The monoisotopic (exact) mass is 778 g/mol. The van der Waals surface area contributed by atoms with Crippen molar-refractivity contribution in [2.45, 2.75) is 129 Å². The van der Waals surface area contributed by atoms with E-state index >= 15 is 0 Å². The number of hydrogen-bond donors (Lipinski definition) is 0. The molecule has 0 unspecified atom stereocenters. The summed E-state index contributed by atoms with van der Waals surface area (Å²) < 4.78 is 0.743. The van der Waals surface area contributed by atoms with Crippen LogP contribution in [0.15, 0.2) is 24.3 Å². The predicted octanol–water partition coefficient (Wildman–Crippen LogP) is 12.0. The predicted molar refractivity (Wildman–Crippen MR) is 172 cm³/mol. The molecule has 3 aliphatic rings. The molecule has 4 rings (SSSR count). The maximum Gasteiger partial charge on any atom is 0.114 e. The summed E-state index contributed by atoms with van der Waals surface area (Å²) in [6, 6.07) is 9.19. The third-order valence-electron chi connectivity index (χ3n) is 7.40. The zero-order chi connectivity index (χ0) is 23.6. The van der Waals surface area contributed by atoms with E-state index in [1.165, 1.54) is 82.6 Å². The van der Waals surface area contributed by atoms with Crippen molar-refractivity contribution < 1.29 is 0 Å². The molecule has 186 valence electrons. The van der Waals surface area contributed by atoms with Crippen molar-refractivity contribution in [1.82, 2.24) is 0 Å². The first kappa shape index (κ1) is 31.4. The van der Waals surface area contributed by atoms with Gasteiger partial charge in [0.05, 0.1) is 0 Å². The second kappa shape index (κ2) is 20.6. The Labute approximate surface area is 242 Å². The van der Waals surface area contributed by atoms with Gasteiger partial charge in [-0.25, -0.2) is 0 Å². The van der Waals surface area contributed by atoms with Gasteiger partial charge in [-0.1, -0.05) is 196 Å². The molecule has 0 heterocycles. The average molecular weight is 778 g/mol. The second-order valence-electron chi connectivity index (χ2n) is 9.48. The average Bonchev–Trinajstić information content (AvgIpc) is 2.87. The first-order valence-electron chi connectivity index (χ1n) is 13.6. The fourth-order valence-corrected chi connectivity index (χ4v) is 5.71. The molecule has 32 heavy (non-hydrogen) atoms. The molecule has 3 fully saturated rings. The summed E-state index contributed by atoms with van der Waals surface area (Å²) in [4.78, 5) is 0. The Morgan fingerprint density at radius 2 is 1.09 bits per heavy atom. The summed E-state index contributed by atoms with van der Waals surface area (Å²) in [6.45, 7) is 6.24. The van der Waals surface area contributed by atoms with E-state index in [0.717, 1.165) is 17.7 Å². The highest BCUT2D eigenvalue weighted by Crippen LogP contribution is 2.38. The highest BCUT2D eigenvalue weighted by molar-refractivity contribution is 14.3. The fraction of sp³-hybridized carbons (Fsp3) is 0.793. The van der Waals surface area contributed by atoms with Crippen LogP contribution in [0.25, 0.3) is 0 Å². The minimum absolute atomic E-state index is 0.743. The lowest BCUT2D eigenvalue weighted by Gasteiger charge is -2.32. The molecule has 1 aromatic carbocycles. The number of hydrogen-bond acceptors (Lipinski definition) is 0. The van der Waals surface area contributed by atoms with Gasteiger partial charge in [-0.2, -0.15) is 0 Å². The molecule has 0 aliphatic heterocycles. The minimum Gasteiger partial charge on any atom is -0.0683 e. The maximum atomic E-state index is 2.41. The highest BCUT2D eigenvalue weighted by atomic mass is 127. The molecular weight excluding hydrogens is 729 g/mol. The van der Waals surface area contributed by atoms with E-state index in [1.807, 2.05) is 13.8 Å². The van der Waals surface area contributed by atoms with Crippen LogP contribution in [0.5, 0.6) is 0 Å². The Kier molecular flexibility index (Phi) is 20.2. The van der Waals surface area contributed by atoms with Crippen LogP contribution in [0.2, 0.25) is 0 Å². The van der Waals surface area contributed by atoms with Gasteiger partial charge in [0.2, 0.25) is 0 Å². The van der Waals surface area contributed by atoms with Gasteiger partial charge >= 0.3 is 0 Å². The van der Waals surface area contributed by atoms with Crippen LogP contribution in [0.1, 0.15) is 134 Å². The Hall–Kier alpha value is 1.41. The lowest BCUT2D eigenvalue weighted by atomic mass is 9.73. The van der Waals surface area contributed by atoms with E-state index in [1.54, 1.807) is 31.2 Å². The molecule has 3 aliphatic carbocycles. The Bertz CT molecular complexity index is 520. The lowest BCUT2D eigenvalue weighted by Crippen LogP contribution is -2.20. The van der Waals surface area contributed by atoms with Crippen LogP contribution in [-0.4, -0.2) is -0.0619 Å². The molecule has 0 amide bonds. The molecule has 3 heteroatoms. The smallest absolute Gasteiger partial charge is 0.0683 e. The van der Waals surface area contributed by atoms with Gasteiger partial charge in [-0.3, -0.25) is 0 Å². The molecule has 1 aromatic rings. The number of rotatable bonds is 3. The van der Waals surface area contributed by atoms with Crippen molar-refractivity contribution in [3.05, 3.63) is 35.4 Å². The third kappa shape index (κ3) is 14.1. The van der Waals surface area contributed by atoms with Gasteiger partial charge in [0.1, 0.15) is -0.0619 Å². The number of alkyl halides is 3. The van der Waals surface area contributed by atoms with Crippen LogP contribution in [0.4, 0.5) is 0 Å². The molecule has 3 saturated carbocycles. The Balaban J connectivity index is 0.000000260. The van der Waals surface area contributed by atoms with Crippen LogP contribution in [0, 0.1) is 11.8 Å². The van der Waals surface area contributed by atoms with Gasteiger partial charge in [0.15, 0.2) is 0 Å². The van der Waals surface area contributed by atoms with Crippen molar-refractivity contribution in [2.24, 2.45) is 11.8 Å². The number of halogens is 3. The fourth-order valence-electron chi connectivity index (χ4n) is 5.71. The largest absolute Gasteiger partial charge is 0.114 e. The van der Waals surface area contributed by atoms with E-state index in [4.69, 9.17) is 0 Å². The standard InChI is InChI=1S/C14H20.C12H22.C2H6.CHI3/c1-2-12-7-6-10-14(11-12)13-8-4-3-5-9-13;1-3-7-11(8-4-1)12-9-5-2-6-10-12;1-2;2-1(3)4/h6-7,10-11,13H,2-5,8-9H2,1H3;11-12H,1-10H2;1-2H3;1H. The molecule has 0 spiro atoms. The molecular formula is C29H49I3. The summed E-state index contributed by atoms with van der Waals surface area (Å²) in [6.07, 6.45) is 23.7. The van der Waals surface area contributed by atoms with Gasteiger partial charge in [0, 0.05) is 0 Å². The Morgan fingerprint density at radius 3 is 1.50 bits per heavy atom. The van der Waals surface area contributed by atoms with Gasteiger partial charge in [-0.05, 0) is 48.1 Å². The molecule has 0 radical (unpaired) electrons. The summed E-state index contributed by atoms with van der Waals surface area (Å²) in [5, 5.41) is 0. The van der Waals surface area contributed by atoms with E-state index in [0.29, 0.717) is 0 Å². The van der Waals surface area contributed by atoms with Crippen LogP contribution in [-0.2, 0) is 6.42 Å². The van der Waals surface area contributed by atoms with Gasteiger partial charge in [0.25, 0.3) is 0 Å². The molecule has 0 atom stereocenters. The molecule has 0 aromatic heterocycles. The minimum atomic E-state index is 0.743. The first-order valence-corrected chi connectivity index (χ1v) is 17.3. The van der Waals surface area contributed by atoms with Crippen LogP contribution in [0.3, 0.4) is 0 Å². The van der Waals surface area contributed by atoms with E-state index in [9.17, 15) is 0 Å². The number of benzene rings is 1. The van der Waals surface area contributed by atoms with E-state index in [-0.39, 0.29) is 0 Å². The Morgan fingerprint density at radius 1 is 0.688 bits per heavy atom. The molecule has 0 nitrogen and oxygen atoms in total. The van der Waals surface area contributed by atoms with E-state index in [2.05, 4.69) is 99.0 Å². The second-order valence-corrected chi connectivity index (χ2v) is 20.4. The summed E-state index contributed by atoms with van der Waals surface area (Å²) >= 11 is 6.95. The normalized spacial score (nSPS) is 20.2. The summed E-state index contributed by atoms with van der Waals surface area (Å²) in [5.74, 6) is 3.13. The van der Waals surface area contributed by atoms with Crippen molar-refractivity contribution in [3.8, 4) is 0 Å². The first-order chi connectivity index (χ1) is 15.6. The maximum absolute atomic E-state index is 2.41. The van der Waals surface area contributed by atoms with Crippen LogP contribution >= 0.6 is 67.8 Å². The number of aryl methyl sites for hydroxylation is 1. The summed E-state index contributed by atoms with van der Waals surface area (Å²) in [5.41, 5.74) is 3.08. The van der Waals surface area contributed by atoms with Crippen molar-refractivity contribution in [2.75, 3.05) is 0 Å². The topological polar surface area (TPSA) is 0 Å². The van der Waals surface area contributed by atoms with Crippen molar-refractivity contribution in [1.29, 1.82) is 0 Å². The van der Waals surface area contributed by atoms with Gasteiger partial charge < -0.3 is 0 Å². The lowest BCUT2D eigenvalue weighted by molar-refractivity contribution is 0.196. The molecule has 0 N–H and O–H groups in total. The SMILES string of the molecule is C1CCC(C2CCCCC2)CC1.CC.CCc1cccc(C2CCCCC2)c1.IC(I)I. The van der Waals surface area contributed by atoms with Crippen molar-refractivity contribution >= 4 is 67.8 Å².